The standard InChI is InChI=1S/C30H25Cl2N3O/c31-23-12-8-21(9-13-23)19-30-16-18-34(28(36)26-6-3-4-17-33-26)29(30)35(27-7-2-1-5-25(27)30)20-22-10-14-24(32)15-11-22/h1-15,17,29H,16,18-20H2. The number of aromatic nitrogens is 1. The molecule has 3 aromatic carbocycles. The van der Waals surface area contributed by atoms with E-state index in [4.69, 9.17) is 23.2 Å². The molecule has 1 amide bonds. The van der Waals surface area contributed by atoms with Gasteiger partial charge in [0.2, 0.25) is 0 Å². The number of pyridine rings is 1. The molecule has 2 atom stereocenters. The number of para-hydroxylation sites is 1. The summed E-state index contributed by atoms with van der Waals surface area (Å²) in [7, 11) is 0. The molecule has 0 spiro atoms. The number of likely N-dealkylation sites (tertiary alicyclic amines) is 1. The van der Waals surface area contributed by atoms with Crippen LogP contribution < -0.4 is 4.90 Å². The summed E-state index contributed by atoms with van der Waals surface area (Å²) in [4.78, 5) is 22.6. The summed E-state index contributed by atoms with van der Waals surface area (Å²) in [6, 6.07) is 30.1. The van der Waals surface area contributed by atoms with Crippen molar-refractivity contribution in [2.75, 3.05) is 11.4 Å². The minimum absolute atomic E-state index is 0.0347. The lowest BCUT2D eigenvalue weighted by Gasteiger charge is -2.38. The Balaban J connectivity index is 1.47. The van der Waals surface area contributed by atoms with Crippen molar-refractivity contribution >= 4 is 34.8 Å². The molecular weight excluding hydrogens is 489 g/mol. The Morgan fingerprint density at radius 3 is 2.22 bits per heavy atom. The lowest BCUT2D eigenvalue weighted by Crippen LogP contribution is -2.52. The fourth-order valence-electron chi connectivity index (χ4n) is 5.94. The van der Waals surface area contributed by atoms with Gasteiger partial charge in [0.15, 0.2) is 0 Å². The lowest BCUT2D eigenvalue weighted by molar-refractivity contribution is 0.0703. The van der Waals surface area contributed by atoms with Gasteiger partial charge >= 0.3 is 0 Å². The van der Waals surface area contributed by atoms with E-state index in [1.165, 1.54) is 16.8 Å². The zero-order chi connectivity index (χ0) is 24.7. The van der Waals surface area contributed by atoms with Crippen LogP contribution >= 0.6 is 23.2 Å². The van der Waals surface area contributed by atoms with Crippen LogP contribution in [0.5, 0.6) is 0 Å². The number of carbonyl (C=O) groups is 1. The highest BCUT2D eigenvalue weighted by Crippen LogP contribution is 2.54. The molecule has 2 aliphatic heterocycles. The van der Waals surface area contributed by atoms with Gasteiger partial charge in [-0.25, -0.2) is 0 Å². The van der Waals surface area contributed by atoms with E-state index in [2.05, 4.69) is 58.4 Å². The highest BCUT2D eigenvalue weighted by atomic mass is 35.5. The minimum atomic E-state index is -0.249. The van der Waals surface area contributed by atoms with Crippen molar-refractivity contribution in [2.45, 2.75) is 31.0 Å². The van der Waals surface area contributed by atoms with E-state index in [1.807, 2.05) is 41.3 Å². The van der Waals surface area contributed by atoms with Crippen LogP contribution in [0, 0.1) is 0 Å². The number of halogens is 2. The number of benzene rings is 3. The van der Waals surface area contributed by atoms with Crippen LogP contribution in [0.4, 0.5) is 5.69 Å². The Morgan fingerprint density at radius 1 is 0.861 bits per heavy atom. The number of fused-ring (bicyclic) bond motifs is 3. The van der Waals surface area contributed by atoms with Crippen LogP contribution in [0.25, 0.3) is 0 Å². The molecule has 0 saturated carbocycles. The summed E-state index contributed by atoms with van der Waals surface area (Å²) < 4.78 is 0. The molecule has 4 aromatic rings. The van der Waals surface area contributed by atoms with E-state index >= 15 is 0 Å². The SMILES string of the molecule is O=C(c1ccccn1)N1CCC2(Cc3ccc(Cl)cc3)c3ccccc3N(Cc3ccc(Cl)cc3)C12. The monoisotopic (exact) mass is 513 g/mol. The van der Waals surface area contributed by atoms with Gasteiger partial charge < -0.3 is 9.80 Å². The first-order valence-corrected chi connectivity index (χ1v) is 12.9. The van der Waals surface area contributed by atoms with E-state index in [-0.39, 0.29) is 17.5 Å². The first kappa shape index (κ1) is 23.1. The molecule has 0 aliphatic carbocycles. The number of hydrogen-bond donors (Lipinski definition) is 0. The Labute approximate surface area is 221 Å². The number of anilines is 1. The molecule has 2 aliphatic rings. The number of rotatable bonds is 5. The average molecular weight is 514 g/mol. The summed E-state index contributed by atoms with van der Waals surface area (Å²) in [6.07, 6.45) is 3.22. The van der Waals surface area contributed by atoms with Crippen LogP contribution in [0.3, 0.4) is 0 Å². The predicted molar refractivity (Wildman–Crippen MR) is 145 cm³/mol. The first-order valence-electron chi connectivity index (χ1n) is 12.1. The van der Waals surface area contributed by atoms with E-state index in [1.54, 1.807) is 12.3 Å². The maximum absolute atomic E-state index is 13.8. The molecular formula is C30H25Cl2N3O. The van der Waals surface area contributed by atoms with Gasteiger partial charge in [0.05, 0.1) is 0 Å². The maximum atomic E-state index is 13.8. The predicted octanol–water partition coefficient (Wildman–Crippen LogP) is 6.76. The Morgan fingerprint density at radius 2 is 1.53 bits per heavy atom. The van der Waals surface area contributed by atoms with Gasteiger partial charge in [-0.05, 0) is 72.0 Å². The van der Waals surface area contributed by atoms with Crippen LogP contribution in [0.1, 0.15) is 33.6 Å². The van der Waals surface area contributed by atoms with Crippen LogP contribution in [0.15, 0.2) is 97.2 Å². The first-order chi connectivity index (χ1) is 17.5. The molecule has 1 fully saturated rings. The summed E-state index contributed by atoms with van der Waals surface area (Å²) in [5.41, 5.74) is 5.04. The molecule has 3 heterocycles. The minimum Gasteiger partial charge on any atom is -0.346 e. The Bertz CT molecular complexity index is 1390. The topological polar surface area (TPSA) is 36.4 Å². The maximum Gasteiger partial charge on any atom is 0.274 e. The Hall–Kier alpha value is -3.34. The van der Waals surface area contributed by atoms with Gasteiger partial charge in [0.25, 0.3) is 5.91 Å². The quantitative estimate of drug-likeness (QED) is 0.295. The molecule has 0 bridgehead atoms. The molecule has 1 saturated heterocycles. The molecule has 180 valence electrons. The molecule has 0 radical (unpaired) electrons. The summed E-state index contributed by atoms with van der Waals surface area (Å²) in [5, 5.41) is 1.44. The Kier molecular flexibility index (Phi) is 5.94. The van der Waals surface area contributed by atoms with E-state index in [0.717, 1.165) is 23.4 Å². The third-order valence-corrected chi connectivity index (χ3v) is 7.98. The van der Waals surface area contributed by atoms with Crippen LogP contribution in [0.2, 0.25) is 10.0 Å². The van der Waals surface area contributed by atoms with Crippen molar-refractivity contribution in [1.82, 2.24) is 9.88 Å². The van der Waals surface area contributed by atoms with Crippen LogP contribution in [-0.2, 0) is 18.4 Å². The smallest absolute Gasteiger partial charge is 0.274 e. The van der Waals surface area contributed by atoms with Crippen molar-refractivity contribution in [3.8, 4) is 0 Å². The lowest BCUT2D eigenvalue weighted by atomic mass is 9.74. The number of carbonyl (C=O) groups excluding carboxylic acids is 1. The molecule has 0 N–H and O–H groups in total. The second kappa shape index (κ2) is 9.27. The number of hydrogen-bond acceptors (Lipinski definition) is 3. The van der Waals surface area contributed by atoms with Gasteiger partial charge in [0.1, 0.15) is 11.9 Å². The van der Waals surface area contributed by atoms with Crippen LogP contribution in [-0.4, -0.2) is 28.5 Å². The van der Waals surface area contributed by atoms with Gasteiger partial charge in [-0.1, -0.05) is 71.7 Å². The van der Waals surface area contributed by atoms with Gasteiger partial charge in [-0.15, -0.1) is 0 Å². The third kappa shape index (κ3) is 3.95. The van der Waals surface area contributed by atoms with Crippen molar-refractivity contribution in [1.29, 1.82) is 0 Å². The number of nitrogens with zero attached hydrogens (tertiary/aromatic N) is 3. The molecule has 6 heteroatoms. The third-order valence-electron chi connectivity index (χ3n) is 7.48. The number of amides is 1. The van der Waals surface area contributed by atoms with Crippen molar-refractivity contribution in [3.05, 3.63) is 130 Å². The van der Waals surface area contributed by atoms with E-state index < -0.39 is 0 Å². The van der Waals surface area contributed by atoms with Gasteiger partial charge in [-0.3, -0.25) is 9.78 Å². The zero-order valence-electron chi connectivity index (χ0n) is 19.6. The highest BCUT2D eigenvalue weighted by molar-refractivity contribution is 6.30. The second-order valence-corrected chi connectivity index (χ2v) is 10.4. The van der Waals surface area contributed by atoms with E-state index in [0.29, 0.717) is 23.8 Å². The fourth-order valence-corrected chi connectivity index (χ4v) is 6.19. The van der Waals surface area contributed by atoms with Gasteiger partial charge in [0, 0.05) is 40.4 Å². The zero-order valence-corrected chi connectivity index (χ0v) is 21.2. The van der Waals surface area contributed by atoms with E-state index in [9.17, 15) is 4.79 Å². The molecule has 1 aromatic heterocycles. The fraction of sp³-hybridized carbons (Fsp3) is 0.200. The second-order valence-electron chi connectivity index (χ2n) is 9.57. The normalized spacial score (nSPS) is 20.3. The summed E-state index contributed by atoms with van der Waals surface area (Å²) in [6.45, 7) is 1.34. The largest absolute Gasteiger partial charge is 0.346 e. The molecule has 6 rings (SSSR count). The average Bonchev–Trinajstić information content (AvgIpc) is 3.40. The molecule has 36 heavy (non-hydrogen) atoms. The highest BCUT2D eigenvalue weighted by Gasteiger charge is 2.58. The summed E-state index contributed by atoms with van der Waals surface area (Å²) in [5.74, 6) is -0.0347. The van der Waals surface area contributed by atoms with Crippen molar-refractivity contribution < 1.29 is 4.79 Å². The molecule has 2 unspecified atom stereocenters. The van der Waals surface area contributed by atoms with Gasteiger partial charge in [-0.2, -0.15) is 0 Å². The van der Waals surface area contributed by atoms with Crippen molar-refractivity contribution in [3.63, 3.8) is 0 Å². The summed E-state index contributed by atoms with van der Waals surface area (Å²) >= 11 is 12.4. The van der Waals surface area contributed by atoms with Crippen molar-refractivity contribution in [2.24, 2.45) is 0 Å². The molecule has 4 nitrogen and oxygen atoms in total.